The molecule has 3 aliphatic heterocycles. The fourth-order valence-corrected chi connectivity index (χ4v) is 7.38. The van der Waals surface area contributed by atoms with E-state index in [9.17, 15) is 23.3 Å². The molecule has 12 nitrogen and oxygen atoms in total. The Balaban J connectivity index is 1.36. The summed E-state index contributed by atoms with van der Waals surface area (Å²) in [6.07, 6.45) is 8.74. The lowest BCUT2D eigenvalue weighted by Gasteiger charge is -2.47. The minimum atomic E-state index is -3.66. The van der Waals surface area contributed by atoms with Gasteiger partial charge in [-0.05, 0) is 76.8 Å². The molecule has 1 aliphatic carbocycles. The zero-order valence-corrected chi connectivity index (χ0v) is 25.7. The summed E-state index contributed by atoms with van der Waals surface area (Å²) < 4.78 is 34.2. The van der Waals surface area contributed by atoms with Gasteiger partial charge in [-0.1, -0.05) is 19.3 Å². The smallest absolute Gasteiger partial charge is 0.410 e. The third-order valence-corrected chi connectivity index (χ3v) is 9.84. The molecule has 0 bridgehead atoms. The Morgan fingerprint density at radius 1 is 1.19 bits per heavy atom. The summed E-state index contributed by atoms with van der Waals surface area (Å²) in [5.41, 5.74) is 3.07. The van der Waals surface area contributed by atoms with Crippen LogP contribution >= 0.6 is 0 Å². The Labute approximate surface area is 252 Å². The van der Waals surface area contributed by atoms with Gasteiger partial charge in [0.05, 0.1) is 34.3 Å². The van der Waals surface area contributed by atoms with Crippen LogP contribution in [-0.2, 0) is 19.6 Å². The Morgan fingerprint density at radius 3 is 2.49 bits per heavy atom. The van der Waals surface area contributed by atoms with E-state index in [4.69, 9.17) is 9.73 Å². The number of sulfonamides is 1. The number of nitrogens with one attached hydrogen (secondary N) is 2. The van der Waals surface area contributed by atoms with Crippen LogP contribution in [0.5, 0.6) is 0 Å². The molecule has 1 aromatic rings. The highest BCUT2D eigenvalue weighted by molar-refractivity contribution is 7.89. The summed E-state index contributed by atoms with van der Waals surface area (Å²) in [6.45, 7) is 6.22. The number of hydrogen-bond donors (Lipinski definition) is 2. The number of hydrogen-bond acceptors (Lipinski definition) is 8. The van der Waals surface area contributed by atoms with Gasteiger partial charge in [0.2, 0.25) is 10.0 Å². The quantitative estimate of drug-likeness (QED) is 0.491. The molecule has 1 aromatic carbocycles. The number of nitriles is 1. The molecule has 3 fully saturated rings. The number of hydrazine groups is 1. The predicted molar refractivity (Wildman–Crippen MR) is 161 cm³/mol. The number of carbonyl (C=O) groups is 2. The molecule has 13 heteroatoms. The lowest BCUT2D eigenvalue weighted by Crippen LogP contribution is -2.58. The van der Waals surface area contributed by atoms with Crippen molar-refractivity contribution >= 4 is 39.8 Å². The van der Waals surface area contributed by atoms with Crippen molar-refractivity contribution in [1.29, 1.82) is 5.26 Å². The van der Waals surface area contributed by atoms with Gasteiger partial charge in [0.15, 0.2) is 0 Å². The SMILES string of the molecule is CC(C)(C)OC(=O)N1CCC(CC#N)(N2NC(=Nc3ccc(S(=O)(=O)NC4CCCCC4)cc3)C3C(=O)N=CC=C32)CC1. The molecule has 5 rings (SSSR count). The van der Waals surface area contributed by atoms with Crippen LogP contribution < -0.4 is 10.1 Å². The van der Waals surface area contributed by atoms with E-state index in [1.165, 1.54) is 18.3 Å². The van der Waals surface area contributed by atoms with Crippen molar-refractivity contribution in [2.45, 2.75) is 94.2 Å². The van der Waals surface area contributed by atoms with Gasteiger partial charge in [-0.2, -0.15) is 5.26 Å². The molecule has 1 atom stereocenters. The van der Waals surface area contributed by atoms with E-state index in [-0.39, 0.29) is 23.3 Å². The van der Waals surface area contributed by atoms with E-state index in [0.29, 0.717) is 43.2 Å². The van der Waals surface area contributed by atoms with Crippen molar-refractivity contribution in [3.05, 3.63) is 36.0 Å². The van der Waals surface area contributed by atoms with Crippen molar-refractivity contribution in [2.75, 3.05) is 13.1 Å². The molecule has 2 saturated heterocycles. The van der Waals surface area contributed by atoms with E-state index in [1.807, 2.05) is 25.8 Å². The predicted octanol–water partition coefficient (Wildman–Crippen LogP) is 3.94. The number of aliphatic imine (C=N–C) groups is 2. The molecule has 0 spiro atoms. The number of ether oxygens (including phenoxy) is 1. The van der Waals surface area contributed by atoms with E-state index < -0.39 is 33.2 Å². The highest BCUT2D eigenvalue weighted by Gasteiger charge is 2.50. The zero-order chi connectivity index (χ0) is 30.8. The average molecular weight is 610 g/mol. The zero-order valence-electron chi connectivity index (χ0n) is 24.9. The first-order valence-electron chi connectivity index (χ1n) is 14.8. The third kappa shape index (κ3) is 6.75. The van der Waals surface area contributed by atoms with Crippen molar-refractivity contribution in [3.8, 4) is 6.07 Å². The molecule has 1 unspecified atom stereocenters. The van der Waals surface area contributed by atoms with Gasteiger partial charge < -0.3 is 9.64 Å². The van der Waals surface area contributed by atoms with Crippen LogP contribution in [0.2, 0.25) is 0 Å². The number of amidine groups is 1. The number of allylic oxidation sites excluding steroid dienone is 1. The fraction of sp³-hybridized carbons (Fsp3) is 0.567. The van der Waals surface area contributed by atoms with Crippen molar-refractivity contribution in [1.82, 2.24) is 20.1 Å². The van der Waals surface area contributed by atoms with E-state index in [0.717, 1.165) is 32.1 Å². The number of dihydropyridines is 1. The van der Waals surface area contributed by atoms with Gasteiger partial charge in [-0.25, -0.2) is 27.9 Å². The Hall–Kier alpha value is -3.76. The number of nitrogens with zero attached hydrogens (tertiary/aromatic N) is 5. The standard InChI is InChI=1S/C30H39N7O5S/c1-29(2,3)42-28(39)36-19-15-30(14-17-31,16-20-36)37-24-13-18-32-27(38)25(24)26(34-37)33-21-9-11-23(12-10-21)43(40,41)35-22-7-5-4-6-8-22/h9-13,18,22,25,35H,4-8,14-16,19-20H2,1-3H3,(H,33,34). The third-order valence-electron chi connectivity index (χ3n) is 8.30. The van der Waals surface area contributed by atoms with Crippen molar-refractivity contribution < 1.29 is 22.7 Å². The van der Waals surface area contributed by atoms with Gasteiger partial charge >= 0.3 is 6.09 Å². The van der Waals surface area contributed by atoms with Crippen LogP contribution in [0.3, 0.4) is 0 Å². The summed E-state index contributed by atoms with van der Waals surface area (Å²) in [5.74, 6) is -0.836. The van der Waals surface area contributed by atoms with Gasteiger partial charge in [-0.3, -0.25) is 15.2 Å². The monoisotopic (exact) mass is 609 g/mol. The number of carbonyl (C=O) groups excluding carboxylic acids is 2. The molecular weight excluding hydrogens is 570 g/mol. The fourth-order valence-electron chi connectivity index (χ4n) is 6.08. The maximum absolute atomic E-state index is 13.0. The Kier molecular flexibility index (Phi) is 8.63. The molecular formula is C30H39N7O5S. The Morgan fingerprint density at radius 2 is 1.86 bits per heavy atom. The minimum absolute atomic E-state index is 0.0489. The van der Waals surface area contributed by atoms with E-state index >= 15 is 0 Å². The highest BCUT2D eigenvalue weighted by atomic mass is 32.2. The van der Waals surface area contributed by atoms with Crippen LogP contribution in [0.1, 0.15) is 72.1 Å². The van der Waals surface area contributed by atoms with Gasteiger partial charge in [-0.15, -0.1) is 0 Å². The number of fused-ring (bicyclic) bond motifs is 1. The summed E-state index contributed by atoms with van der Waals surface area (Å²) >= 11 is 0. The minimum Gasteiger partial charge on any atom is -0.444 e. The lowest BCUT2D eigenvalue weighted by atomic mass is 9.83. The first-order valence-corrected chi connectivity index (χ1v) is 16.3. The number of piperidine rings is 1. The van der Waals surface area contributed by atoms with Crippen LogP contribution in [0.4, 0.5) is 10.5 Å². The number of amides is 2. The normalized spacial score (nSPS) is 23.4. The van der Waals surface area contributed by atoms with Crippen molar-refractivity contribution in [2.24, 2.45) is 15.9 Å². The average Bonchev–Trinajstić information content (AvgIpc) is 3.33. The van der Waals surface area contributed by atoms with Crippen LogP contribution in [0, 0.1) is 17.2 Å². The first kappa shape index (κ1) is 30.7. The maximum Gasteiger partial charge on any atom is 0.410 e. The van der Waals surface area contributed by atoms with Crippen LogP contribution in [0.15, 0.2) is 50.9 Å². The molecule has 2 amide bonds. The highest BCUT2D eigenvalue weighted by Crippen LogP contribution is 2.40. The maximum atomic E-state index is 13.0. The molecule has 4 aliphatic rings. The molecule has 0 aromatic heterocycles. The van der Waals surface area contributed by atoms with Crippen LogP contribution in [0.25, 0.3) is 0 Å². The molecule has 43 heavy (non-hydrogen) atoms. The second-order valence-electron chi connectivity index (χ2n) is 12.6. The Bertz CT molecular complexity index is 1470. The molecule has 230 valence electrons. The van der Waals surface area contributed by atoms with Gasteiger partial charge in [0, 0.05) is 25.3 Å². The van der Waals surface area contributed by atoms with Gasteiger partial charge in [0.1, 0.15) is 17.4 Å². The summed E-state index contributed by atoms with van der Waals surface area (Å²) in [7, 11) is -3.66. The largest absolute Gasteiger partial charge is 0.444 e. The summed E-state index contributed by atoms with van der Waals surface area (Å²) in [4.78, 5) is 36.2. The summed E-state index contributed by atoms with van der Waals surface area (Å²) in [5, 5.41) is 11.7. The van der Waals surface area contributed by atoms with E-state index in [1.54, 1.807) is 23.1 Å². The molecule has 1 saturated carbocycles. The lowest BCUT2D eigenvalue weighted by molar-refractivity contribution is -0.119. The van der Waals surface area contributed by atoms with Crippen LogP contribution in [-0.4, -0.2) is 72.6 Å². The summed E-state index contributed by atoms with van der Waals surface area (Å²) in [6, 6.07) is 8.49. The first-order chi connectivity index (χ1) is 20.4. The second-order valence-corrected chi connectivity index (χ2v) is 14.3. The molecule has 0 radical (unpaired) electrons. The van der Waals surface area contributed by atoms with Crippen molar-refractivity contribution in [3.63, 3.8) is 0 Å². The second kappa shape index (κ2) is 12.1. The molecule has 3 heterocycles. The number of rotatable bonds is 6. The van der Waals surface area contributed by atoms with Gasteiger partial charge in [0.25, 0.3) is 5.91 Å². The molecule has 2 N–H and O–H groups in total. The van der Waals surface area contributed by atoms with E-state index in [2.05, 4.69) is 21.2 Å². The number of likely N-dealkylation sites (tertiary alicyclic amines) is 1. The topological polar surface area (TPSA) is 157 Å². The number of benzene rings is 1.